The lowest BCUT2D eigenvalue weighted by Gasteiger charge is -2.28. The van der Waals surface area contributed by atoms with Crippen molar-refractivity contribution in [3.05, 3.63) is 0 Å². The highest BCUT2D eigenvalue weighted by Gasteiger charge is 2.32. The highest BCUT2D eigenvalue weighted by atomic mass is 16.5. The highest BCUT2D eigenvalue weighted by Crippen LogP contribution is 2.18. The third-order valence-electron chi connectivity index (χ3n) is 2.85. The average Bonchev–Trinajstić information content (AvgIpc) is 2.65. The predicted molar refractivity (Wildman–Crippen MR) is 55.5 cm³/mol. The van der Waals surface area contributed by atoms with Crippen molar-refractivity contribution in [1.29, 1.82) is 0 Å². The molecule has 90 valence electrons. The average molecular weight is 219 g/mol. The van der Waals surface area contributed by atoms with E-state index < -0.39 is 11.0 Å². The van der Waals surface area contributed by atoms with E-state index in [1.165, 1.54) is 0 Å². The third-order valence-corrected chi connectivity index (χ3v) is 2.85. The second kappa shape index (κ2) is 5.23. The summed E-state index contributed by atoms with van der Waals surface area (Å²) in [6, 6.07) is 0. The molecule has 0 aromatic carbocycles. The number of ether oxygens (including phenoxy) is 1. The van der Waals surface area contributed by atoms with Gasteiger partial charge in [-0.25, -0.2) is 0 Å². The molecule has 1 aliphatic heterocycles. The summed E-state index contributed by atoms with van der Waals surface area (Å²) in [5.74, 6) is 0. The molecule has 1 heterocycles. The summed E-state index contributed by atoms with van der Waals surface area (Å²) in [6.07, 6.45) is 0.634. The molecule has 0 aromatic heterocycles. The van der Waals surface area contributed by atoms with Crippen LogP contribution < -0.4 is 5.32 Å². The fourth-order valence-corrected chi connectivity index (χ4v) is 1.49. The van der Waals surface area contributed by atoms with Gasteiger partial charge in [0, 0.05) is 31.5 Å². The van der Waals surface area contributed by atoms with Gasteiger partial charge < -0.3 is 25.4 Å². The minimum atomic E-state index is -0.786. The molecule has 1 unspecified atom stereocenters. The molecular formula is C10H21NO4. The van der Waals surface area contributed by atoms with Crippen LogP contribution in [0.4, 0.5) is 0 Å². The van der Waals surface area contributed by atoms with Crippen molar-refractivity contribution >= 4 is 0 Å². The van der Waals surface area contributed by atoms with Gasteiger partial charge in [0.2, 0.25) is 0 Å². The Hall–Kier alpha value is -0.200. The minimum absolute atomic E-state index is 0.0779. The molecule has 0 amide bonds. The highest BCUT2D eigenvalue weighted by molar-refractivity contribution is 4.86. The van der Waals surface area contributed by atoms with Gasteiger partial charge in [0.05, 0.1) is 19.8 Å². The number of aliphatic hydroxyl groups is 3. The second-order valence-electron chi connectivity index (χ2n) is 4.76. The summed E-state index contributed by atoms with van der Waals surface area (Å²) in [5.41, 5.74) is -1.32. The van der Waals surface area contributed by atoms with E-state index in [-0.39, 0.29) is 13.2 Å². The lowest BCUT2D eigenvalue weighted by molar-refractivity contribution is 0.0182. The number of hydrogen-bond acceptors (Lipinski definition) is 5. The van der Waals surface area contributed by atoms with Gasteiger partial charge in [0.15, 0.2) is 0 Å². The molecule has 1 aliphatic rings. The zero-order valence-electron chi connectivity index (χ0n) is 9.20. The first kappa shape index (κ1) is 12.9. The van der Waals surface area contributed by atoms with Crippen LogP contribution in [0.5, 0.6) is 0 Å². The number of nitrogens with one attached hydrogen (secondary N) is 1. The van der Waals surface area contributed by atoms with E-state index in [0.29, 0.717) is 32.7 Å². The maximum absolute atomic E-state index is 9.92. The van der Waals surface area contributed by atoms with Crippen LogP contribution >= 0.6 is 0 Å². The normalized spacial score (nSPS) is 27.2. The van der Waals surface area contributed by atoms with E-state index >= 15 is 0 Å². The van der Waals surface area contributed by atoms with Crippen molar-refractivity contribution in [2.75, 3.05) is 39.5 Å². The summed E-state index contributed by atoms with van der Waals surface area (Å²) in [5, 5.41) is 31.1. The summed E-state index contributed by atoms with van der Waals surface area (Å²) >= 11 is 0. The Morgan fingerprint density at radius 2 is 2.07 bits per heavy atom. The van der Waals surface area contributed by atoms with Crippen molar-refractivity contribution in [1.82, 2.24) is 5.32 Å². The van der Waals surface area contributed by atoms with Crippen LogP contribution in [0.2, 0.25) is 0 Å². The molecule has 1 saturated heterocycles. The summed E-state index contributed by atoms with van der Waals surface area (Å²) < 4.78 is 5.11. The number of aliphatic hydroxyl groups excluding tert-OH is 2. The summed E-state index contributed by atoms with van der Waals surface area (Å²) in [6.45, 7) is 3.49. The topological polar surface area (TPSA) is 82.0 Å². The van der Waals surface area contributed by atoms with Crippen LogP contribution in [-0.4, -0.2) is 60.4 Å². The van der Waals surface area contributed by atoms with Crippen LogP contribution in [0.3, 0.4) is 0 Å². The van der Waals surface area contributed by atoms with Crippen LogP contribution in [0.15, 0.2) is 0 Å². The monoisotopic (exact) mass is 219 g/mol. The molecule has 15 heavy (non-hydrogen) atoms. The molecule has 5 nitrogen and oxygen atoms in total. The molecule has 0 saturated carbocycles. The molecule has 1 rings (SSSR count). The van der Waals surface area contributed by atoms with Crippen molar-refractivity contribution in [3.8, 4) is 0 Å². The van der Waals surface area contributed by atoms with Gasteiger partial charge in [-0.3, -0.25) is 0 Å². The lowest BCUT2D eigenvalue weighted by atomic mass is 9.92. The first-order valence-electron chi connectivity index (χ1n) is 5.26. The molecule has 0 radical (unpaired) electrons. The molecule has 0 aliphatic carbocycles. The summed E-state index contributed by atoms with van der Waals surface area (Å²) in [4.78, 5) is 0. The molecule has 0 spiro atoms. The van der Waals surface area contributed by atoms with E-state index in [9.17, 15) is 5.11 Å². The van der Waals surface area contributed by atoms with Crippen molar-refractivity contribution < 1.29 is 20.1 Å². The van der Waals surface area contributed by atoms with Gasteiger partial charge >= 0.3 is 0 Å². The summed E-state index contributed by atoms with van der Waals surface area (Å²) in [7, 11) is 0. The van der Waals surface area contributed by atoms with Gasteiger partial charge in [-0.05, 0) is 0 Å². The van der Waals surface area contributed by atoms with E-state index in [2.05, 4.69) is 5.32 Å². The smallest absolute Gasteiger partial charge is 0.102 e. The van der Waals surface area contributed by atoms with E-state index in [1.54, 1.807) is 6.92 Å². The quantitative estimate of drug-likeness (QED) is 0.447. The maximum atomic E-state index is 9.92. The SMILES string of the molecule is CC(CO)(CO)CNCC1(O)CCOC1. The largest absolute Gasteiger partial charge is 0.396 e. The van der Waals surface area contributed by atoms with Crippen molar-refractivity contribution in [2.24, 2.45) is 5.41 Å². The van der Waals surface area contributed by atoms with Gasteiger partial charge in [-0.2, -0.15) is 0 Å². The van der Waals surface area contributed by atoms with Gasteiger partial charge in [-0.15, -0.1) is 0 Å². The molecular weight excluding hydrogens is 198 g/mol. The minimum Gasteiger partial charge on any atom is -0.396 e. The Balaban J connectivity index is 2.25. The lowest BCUT2D eigenvalue weighted by Crippen LogP contribution is -2.46. The molecule has 5 heteroatoms. The standard InChI is InChI=1S/C10H21NO4/c1-9(6-12,7-13)4-11-5-10(14)2-3-15-8-10/h11-14H,2-8H2,1H3. The first-order chi connectivity index (χ1) is 7.04. The Bertz CT molecular complexity index is 184. The Labute approximate surface area is 90.1 Å². The zero-order chi connectivity index (χ0) is 11.4. The zero-order valence-corrected chi connectivity index (χ0v) is 9.20. The van der Waals surface area contributed by atoms with Gasteiger partial charge in [-0.1, -0.05) is 6.92 Å². The van der Waals surface area contributed by atoms with Gasteiger partial charge in [0.25, 0.3) is 0 Å². The number of rotatable bonds is 6. The first-order valence-corrected chi connectivity index (χ1v) is 5.26. The molecule has 4 N–H and O–H groups in total. The van der Waals surface area contributed by atoms with Crippen LogP contribution in [0.25, 0.3) is 0 Å². The van der Waals surface area contributed by atoms with Crippen molar-refractivity contribution in [2.45, 2.75) is 18.9 Å². The van der Waals surface area contributed by atoms with Crippen LogP contribution in [-0.2, 0) is 4.74 Å². The molecule has 1 atom stereocenters. The third kappa shape index (κ3) is 3.70. The molecule has 0 aromatic rings. The van der Waals surface area contributed by atoms with E-state index in [4.69, 9.17) is 14.9 Å². The van der Waals surface area contributed by atoms with Crippen LogP contribution in [0, 0.1) is 5.41 Å². The Kier molecular flexibility index (Phi) is 4.48. The number of hydrogen-bond donors (Lipinski definition) is 4. The fourth-order valence-electron chi connectivity index (χ4n) is 1.49. The van der Waals surface area contributed by atoms with E-state index in [0.717, 1.165) is 0 Å². The fraction of sp³-hybridized carbons (Fsp3) is 1.00. The van der Waals surface area contributed by atoms with Crippen molar-refractivity contribution in [3.63, 3.8) is 0 Å². The van der Waals surface area contributed by atoms with Gasteiger partial charge in [0.1, 0.15) is 5.60 Å². The second-order valence-corrected chi connectivity index (χ2v) is 4.76. The predicted octanol–water partition coefficient (Wildman–Crippen LogP) is -1.28. The Morgan fingerprint density at radius 1 is 1.40 bits per heavy atom. The molecule has 0 bridgehead atoms. The Morgan fingerprint density at radius 3 is 2.53 bits per heavy atom. The van der Waals surface area contributed by atoms with Crippen LogP contribution in [0.1, 0.15) is 13.3 Å². The van der Waals surface area contributed by atoms with E-state index in [1.807, 2.05) is 0 Å². The molecule has 1 fully saturated rings. The maximum Gasteiger partial charge on any atom is 0.102 e.